The zero-order valence-electron chi connectivity index (χ0n) is 20.5. The molecule has 1 rings (SSSR count). The van der Waals surface area contributed by atoms with E-state index in [0.717, 1.165) is 0 Å². The summed E-state index contributed by atoms with van der Waals surface area (Å²) in [4.78, 5) is 14.9. The Morgan fingerprint density at radius 1 is 0.900 bits per heavy atom. The van der Waals surface area contributed by atoms with E-state index >= 15 is 0 Å². The van der Waals surface area contributed by atoms with Crippen LogP contribution in [0.3, 0.4) is 0 Å². The van der Waals surface area contributed by atoms with Crippen LogP contribution < -0.4 is 0 Å². The van der Waals surface area contributed by atoms with Gasteiger partial charge in [0.15, 0.2) is 0 Å². The third-order valence-corrected chi connectivity index (χ3v) is 12.4. The fourth-order valence-corrected chi connectivity index (χ4v) is 9.99. The Kier molecular flexibility index (Phi) is 9.56. The van der Waals surface area contributed by atoms with E-state index < -0.39 is 8.07 Å². The quantitative estimate of drug-likeness (QED) is 0.258. The molecule has 0 aromatic heterocycles. The average Bonchev–Trinajstić information content (AvgIpc) is 2.60. The van der Waals surface area contributed by atoms with Gasteiger partial charge in [0.25, 0.3) is 0 Å². The molecule has 2 nitrogen and oxygen atoms in total. The van der Waals surface area contributed by atoms with Crippen LogP contribution in [0, 0.1) is 17.3 Å². The van der Waals surface area contributed by atoms with E-state index in [-0.39, 0.29) is 23.8 Å². The maximum absolute atomic E-state index is 14.7. The standard InChI is InChI=1S/C26H40FNOSi/c1-18(2)28(19(3)4)26(29)17-23(24-13-11-12-14-25(24)27)15-16-30(20(5)6,21(7)8)22(9)10/h11-14,17-22H,1-10H3/b23-17+. The smallest absolute Gasteiger partial charge is 0.248 e. The molecule has 0 spiro atoms. The van der Waals surface area contributed by atoms with Crippen molar-refractivity contribution < 1.29 is 9.18 Å². The number of carbonyl (C=O) groups excluding carboxylic acids is 1. The van der Waals surface area contributed by atoms with Crippen LogP contribution in [0.1, 0.15) is 74.8 Å². The second-order valence-corrected chi connectivity index (χ2v) is 15.2. The number of allylic oxidation sites excluding steroid dienone is 1. The average molecular weight is 430 g/mol. The molecule has 30 heavy (non-hydrogen) atoms. The Morgan fingerprint density at radius 2 is 1.37 bits per heavy atom. The normalized spacial score (nSPS) is 12.7. The number of hydrogen-bond acceptors (Lipinski definition) is 1. The maximum atomic E-state index is 14.7. The van der Waals surface area contributed by atoms with Gasteiger partial charge in [-0.05, 0) is 50.4 Å². The highest BCUT2D eigenvalue weighted by atomic mass is 28.3. The van der Waals surface area contributed by atoms with Crippen molar-refractivity contribution in [2.75, 3.05) is 0 Å². The van der Waals surface area contributed by atoms with Crippen molar-refractivity contribution in [3.8, 4) is 11.5 Å². The van der Waals surface area contributed by atoms with Gasteiger partial charge < -0.3 is 4.90 Å². The van der Waals surface area contributed by atoms with Gasteiger partial charge in [-0.2, -0.15) is 0 Å². The lowest BCUT2D eigenvalue weighted by Gasteiger charge is -2.38. The van der Waals surface area contributed by atoms with Crippen molar-refractivity contribution in [1.29, 1.82) is 0 Å². The van der Waals surface area contributed by atoms with E-state index in [9.17, 15) is 9.18 Å². The van der Waals surface area contributed by atoms with Gasteiger partial charge in [0, 0.05) is 29.3 Å². The van der Waals surface area contributed by atoms with Gasteiger partial charge in [0.05, 0.1) is 0 Å². The summed E-state index contributed by atoms with van der Waals surface area (Å²) < 4.78 is 14.7. The Labute approximate surface area is 185 Å². The number of carbonyl (C=O) groups is 1. The van der Waals surface area contributed by atoms with Crippen LogP contribution in [0.15, 0.2) is 30.3 Å². The zero-order chi connectivity index (χ0) is 23.2. The molecule has 0 aliphatic heterocycles. The molecule has 0 aliphatic carbocycles. The molecule has 0 aliphatic rings. The molecule has 1 amide bonds. The molecular weight excluding hydrogens is 389 g/mol. The molecule has 4 heteroatoms. The summed E-state index contributed by atoms with van der Waals surface area (Å²) in [6, 6.07) is 6.70. The van der Waals surface area contributed by atoms with E-state index in [1.165, 1.54) is 12.1 Å². The van der Waals surface area contributed by atoms with Gasteiger partial charge in [-0.15, -0.1) is 5.54 Å². The second kappa shape index (κ2) is 11.0. The van der Waals surface area contributed by atoms with Crippen LogP contribution in [0.25, 0.3) is 5.57 Å². The minimum absolute atomic E-state index is 0.0547. The Morgan fingerprint density at radius 3 is 1.77 bits per heavy atom. The van der Waals surface area contributed by atoms with Crippen LogP contribution in [0.5, 0.6) is 0 Å². The predicted molar refractivity (Wildman–Crippen MR) is 130 cm³/mol. The molecule has 0 radical (unpaired) electrons. The molecule has 1 aromatic carbocycles. The zero-order valence-corrected chi connectivity index (χ0v) is 21.5. The lowest BCUT2D eigenvalue weighted by atomic mass is 10.0. The number of hydrogen-bond donors (Lipinski definition) is 0. The summed E-state index contributed by atoms with van der Waals surface area (Å²) in [6.07, 6.45) is 1.53. The van der Waals surface area contributed by atoms with Crippen molar-refractivity contribution in [1.82, 2.24) is 4.90 Å². The predicted octanol–water partition coefficient (Wildman–Crippen LogP) is 7.08. The van der Waals surface area contributed by atoms with Gasteiger partial charge in [-0.3, -0.25) is 4.79 Å². The van der Waals surface area contributed by atoms with Gasteiger partial charge in [-0.1, -0.05) is 65.7 Å². The van der Waals surface area contributed by atoms with Gasteiger partial charge in [0.2, 0.25) is 5.91 Å². The highest BCUT2D eigenvalue weighted by Crippen LogP contribution is 2.41. The largest absolute Gasteiger partial charge is 0.334 e. The van der Waals surface area contributed by atoms with E-state index in [4.69, 9.17) is 0 Å². The molecule has 0 fully saturated rings. The van der Waals surface area contributed by atoms with Crippen molar-refractivity contribution in [3.63, 3.8) is 0 Å². The third-order valence-electron chi connectivity index (χ3n) is 6.08. The first kappa shape index (κ1) is 26.2. The highest BCUT2D eigenvalue weighted by Gasteiger charge is 2.41. The first-order chi connectivity index (χ1) is 13.9. The summed E-state index contributed by atoms with van der Waals surface area (Å²) >= 11 is 0. The summed E-state index contributed by atoms with van der Waals surface area (Å²) in [5.74, 6) is 2.83. The van der Waals surface area contributed by atoms with E-state index in [1.807, 2.05) is 27.7 Å². The van der Waals surface area contributed by atoms with Crippen LogP contribution in [-0.2, 0) is 4.79 Å². The van der Waals surface area contributed by atoms with Crippen molar-refractivity contribution >= 4 is 19.6 Å². The van der Waals surface area contributed by atoms with E-state index in [0.29, 0.717) is 27.8 Å². The molecule has 0 saturated carbocycles. The van der Waals surface area contributed by atoms with Crippen LogP contribution in [0.4, 0.5) is 4.39 Å². The summed E-state index contributed by atoms with van der Waals surface area (Å²) in [6.45, 7) is 21.5. The molecule has 1 aromatic rings. The monoisotopic (exact) mass is 429 g/mol. The number of benzene rings is 1. The van der Waals surface area contributed by atoms with Crippen LogP contribution in [0.2, 0.25) is 16.6 Å². The molecule has 0 unspecified atom stereocenters. The highest BCUT2D eigenvalue weighted by molar-refractivity contribution is 6.90. The van der Waals surface area contributed by atoms with Gasteiger partial charge >= 0.3 is 0 Å². The van der Waals surface area contributed by atoms with Gasteiger partial charge in [-0.25, -0.2) is 4.39 Å². The minimum Gasteiger partial charge on any atom is -0.334 e. The van der Waals surface area contributed by atoms with E-state index in [2.05, 4.69) is 53.0 Å². The topological polar surface area (TPSA) is 20.3 Å². The third kappa shape index (κ3) is 5.85. The van der Waals surface area contributed by atoms with Crippen LogP contribution in [-0.4, -0.2) is 31.0 Å². The maximum Gasteiger partial charge on any atom is 0.248 e. The number of halogens is 1. The SMILES string of the molecule is CC(C)N(C(=O)/C=C(\C#C[Si](C(C)C)(C(C)C)C(C)C)c1ccccc1F)C(C)C. The molecule has 166 valence electrons. The molecular formula is C26H40FNOSi. The Balaban J connectivity index is 3.69. The fourth-order valence-electron chi connectivity index (χ4n) is 4.77. The van der Waals surface area contributed by atoms with Crippen LogP contribution >= 0.6 is 0 Å². The van der Waals surface area contributed by atoms with Crippen molar-refractivity contribution in [3.05, 3.63) is 41.7 Å². The van der Waals surface area contributed by atoms with Gasteiger partial charge in [0.1, 0.15) is 13.9 Å². The summed E-state index contributed by atoms with van der Waals surface area (Å²) in [5, 5.41) is 0. The summed E-state index contributed by atoms with van der Waals surface area (Å²) in [7, 11) is -2.01. The Hall–Kier alpha value is -1.86. The molecule has 0 bridgehead atoms. The lowest BCUT2D eigenvalue weighted by Crippen LogP contribution is -2.43. The first-order valence-electron chi connectivity index (χ1n) is 11.2. The Bertz CT molecular complexity index is 782. The minimum atomic E-state index is -2.01. The lowest BCUT2D eigenvalue weighted by molar-refractivity contribution is -0.129. The second-order valence-electron chi connectivity index (χ2n) is 9.62. The molecule has 0 N–H and O–H groups in total. The number of amides is 1. The van der Waals surface area contributed by atoms with Crippen molar-refractivity contribution in [2.45, 2.75) is 97.9 Å². The molecule has 0 atom stereocenters. The molecule has 0 heterocycles. The van der Waals surface area contributed by atoms with E-state index in [1.54, 1.807) is 23.1 Å². The van der Waals surface area contributed by atoms with Crippen molar-refractivity contribution in [2.24, 2.45) is 0 Å². The molecule has 0 saturated heterocycles. The number of nitrogens with zero attached hydrogens (tertiary/aromatic N) is 1. The summed E-state index contributed by atoms with van der Waals surface area (Å²) in [5.41, 5.74) is 5.90. The number of rotatable bonds is 7. The first-order valence-corrected chi connectivity index (χ1v) is 13.4. The fraction of sp³-hybridized carbons (Fsp3) is 0.577.